The van der Waals surface area contributed by atoms with Gasteiger partial charge in [-0.15, -0.1) is 0 Å². The Labute approximate surface area is 133 Å². The summed E-state index contributed by atoms with van der Waals surface area (Å²) in [6.07, 6.45) is 0. The molecule has 1 amide bonds. The maximum Gasteiger partial charge on any atom is 0.252 e. The molecular weight excluding hydrogens is 308 g/mol. The topological polar surface area (TPSA) is 70.7 Å². The number of nitrogens with two attached hydrogens (primary N) is 1. The fourth-order valence-electron chi connectivity index (χ4n) is 1.97. The normalized spacial score (nSPS) is 15.9. The molecule has 0 bridgehead atoms. The Kier molecular flexibility index (Phi) is 6.20. The fraction of sp³-hybridized carbons (Fsp3) is 0.429. The molecule has 21 heavy (non-hydrogen) atoms. The molecule has 1 heterocycles. The van der Waals surface area contributed by atoms with E-state index in [1.54, 1.807) is 24.3 Å². The van der Waals surface area contributed by atoms with E-state index in [4.69, 9.17) is 17.3 Å². The van der Waals surface area contributed by atoms with E-state index in [2.05, 4.69) is 15.2 Å². The molecule has 3 N–H and O–H groups in total. The highest BCUT2D eigenvalue weighted by atomic mass is 35.5. The molecule has 2 rings (SSSR count). The number of hydrogen-bond donors (Lipinski definition) is 2. The van der Waals surface area contributed by atoms with E-state index < -0.39 is 0 Å². The number of carbonyl (C=O) groups excluding carboxylic acids is 1. The molecular formula is C14H19ClN4OS. The molecule has 0 aliphatic carbocycles. The summed E-state index contributed by atoms with van der Waals surface area (Å²) in [6.45, 7) is 2.77. The van der Waals surface area contributed by atoms with Crippen LogP contribution in [0, 0.1) is 0 Å². The molecule has 1 saturated heterocycles. The van der Waals surface area contributed by atoms with Crippen LogP contribution in [0.15, 0.2) is 29.3 Å². The molecule has 114 valence electrons. The zero-order chi connectivity index (χ0) is 15.1. The van der Waals surface area contributed by atoms with Crippen molar-refractivity contribution in [3.05, 3.63) is 34.9 Å². The van der Waals surface area contributed by atoms with E-state index in [0.717, 1.165) is 24.6 Å². The Bertz CT molecular complexity index is 517. The summed E-state index contributed by atoms with van der Waals surface area (Å²) in [5, 5.41) is 3.24. The number of benzene rings is 1. The largest absolute Gasteiger partial charge is 0.370 e. The van der Waals surface area contributed by atoms with Crippen LogP contribution in [0.3, 0.4) is 0 Å². The van der Waals surface area contributed by atoms with Gasteiger partial charge in [-0.3, -0.25) is 9.79 Å². The summed E-state index contributed by atoms with van der Waals surface area (Å²) in [5.74, 6) is 2.53. The zero-order valence-electron chi connectivity index (χ0n) is 11.7. The summed E-state index contributed by atoms with van der Waals surface area (Å²) in [6, 6.07) is 6.97. The summed E-state index contributed by atoms with van der Waals surface area (Å²) >= 11 is 7.89. The lowest BCUT2D eigenvalue weighted by Gasteiger charge is -2.27. The van der Waals surface area contributed by atoms with Crippen molar-refractivity contribution < 1.29 is 4.79 Å². The highest BCUT2D eigenvalue weighted by molar-refractivity contribution is 7.99. The van der Waals surface area contributed by atoms with Gasteiger partial charge in [0.25, 0.3) is 5.91 Å². The van der Waals surface area contributed by atoms with Gasteiger partial charge in [-0.05, 0) is 12.1 Å². The smallest absolute Gasteiger partial charge is 0.252 e. The van der Waals surface area contributed by atoms with Crippen molar-refractivity contribution in [3.8, 4) is 0 Å². The van der Waals surface area contributed by atoms with Crippen LogP contribution in [0.1, 0.15) is 10.4 Å². The number of thioether (sulfide) groups is 1. The molecule has 1 aromatic rings. The van der Waals surface area contributed by atoms with Crippen molar-refractivity contribution in [2.75, 3.05) is 37.7 Å². The first kappa shape index (κ1) is 16.0. The van der Waals surface area contributed by atoms with Gasteiger partial charge in [-0.25, -0.2) is 0 Å². The number of nitrogens with one attached hydrogen (secondary N) is 1. The zero-order valence-corrected chi connectivity index (χ0v) is 13.3. The highest BCUT2D eigenvalue weighted by Gasteiger charge is 2.12. The van der Waals surface area contributed by atoms with Gasteiger partial charge in [0, 0.05) is 31.1 Å². The molecule has 1 aliphatic heterocycles. The van der Waals surface area contributed by atoms with Gasteiger partial charge in [-0.2, -0.15) is 11.8 Å². The second kappa shape index (κ2) is 8.14. The highest BCUT2D eigenvalue weighted by Crippen LogP contribution is 2.14. The molecule has 0 atom stereocenters. The first-order chi connectivity index (χ1) is 10.2. The first-order valence-corrected chi connectivity index (χ1v) is 8.37. The van der Waals surface area contributed by atoms with Gasteiger partial charge >= 0.3 is 0 Å². The lowest BCUT2D eigenvalue weighted by molar-refractivity contribution is 0.0955. The lowest BCUT2D eigenvalue weighted by Crippen LogP contribution is -2.43. The van der Waals surface area contributed by atoms with E-state index >= 15 is 0 Å². The van der Waals surface area contributed by atoms with Gasteiger partial charge in [0.2, 0.25) is 0 Å². The molecule has 0 unspecified atom stereocenters. The second-order valence-corrected chi connectivity index (χ2v) is 6.21. The van der Waals surface area contributed by atoms with Crippen LogP contribution < -0.4 is 11.1 Å². The number of amides is 1. The molecule has 1 aromatic carbocycles. The molecule has 1 fully saturated rings. The van der Waals surface area contributed by atoms with Crippen LogP contribution in [0.25, 0.3) is 0 Å². The Balaban J connectivity index is 1.76. The third-order valence-electron chi connectivity index (χ3n) is 3.12. The van der Waals surface area contributed by atoms with Crippen molar-refractivity contribution in [3.63, 3.8) is 0 Å². The van der Waals surface area contributed by atoms with E-state index in [9.17, 15) is 4.79 Å². The third-order valence-corrected chi connectivity index (χ3v) is 4.40. The van der Waals surface area contributed by atoms with Crippen LogP contribution in [0.2, 0.25) is 5.02 Å². The predicted molar refractivity (Wildman–Crippen MR) is 89.2 cm³/mol. The van der Waals surface area contributed by atoms with Crippen molar-refractivity contribution in [2.45, 2.75) is 0 Å². The number of halogens is 1. The summed E-state index contributed by atoms with van der Waals surface area (Å²) in [7, 11) is 0. The standard InChI is InChI=1S/C14H19ClN4OS/c15-12-4-2-1-3-11(12)13(20)17-5-6-18-14(16)19-7-9-21-10-8-19/h1-4H,5-10H2,(H2,16,18)(H,17,20). The Morgan fingerprint density at radius 3 is 2.81 bits per heavy atom. The molecule has 5 nitrogen and oxygen atoms in total. The number of aliphatic imine (C=N–C) groups is 1. The van der Waals surface area contributed by atoms with E-state index in [-0.39, 0.29) is 5.91 Å². The van der Waals surface area contributed by atoms with Gasteiger partial charge in [0.15, 0.2) is 5.96 Å². The molecule has 1 aliphatic rings. The van der Waals surface area contributed by atoms with Crippen LogP contribution in [0.4, 0.5) is 0 Å². The fourth-order valence-corrected chi connectivity index (χ4v) is 3.10. The summed E-state index contributed by atoms with van der Waals surface area (Å²) in [5.41, 5.74) is 6.41. The minimum Gasteiger partial charge on any atom is -0.370 e. The van der Waals surface area contributed by atoms with Gasteiger partial charge < -0.3 is 16.0 Å². The van der Waals surface area contributed by atoms with Crippen molar-refractivity contribution in [1.29, 1.82) is 0 Å². The Morgan fingerprint density at radius 2 is 2.10 bits per heavy atom. The Hall–Kier alpha value is -1.40. The van der Waals surface area contributed by atoms with Gasteiger partial charge in [0.05, 0.1) is 17.1 Å². The average Bonchev–Trinajstić information content (AvgIpc) is 2.52. The third kappa shape index (κ3) is 4.82. The van der Waals surface area contributed by atoms with E-state index in [1.165, 1.54) is 0 Å². The number of nitrogens with zero attached hydrogens (tertiary/aromatic N) is 2. The number of rotatable bonds is 4. The molecule has 7 heteroatoms. The SMILES string of the molecule is NC(=NCCNC(=O)c1ccccc1Cl)N1CCSCC1. The Morgan fingerprint density at radius 1 is 1.38 bits per heavy atom. The monoisotopic (exact) mass is 326 g/mol. The minimum absolute atomic E-state index is 0.191. The molecule has 0 aromatic heterocycles. The van der Waals surface area contributed by atoms with E-state index in [1.807, 2.05) is 11.8 Å². The lowest BCUT2D eigenvalue weighted by atomic mass is 10.2. The van der Waals surface area contributed by atoms with Crippen LogP contribution in [-0.2, 0) is 0 Å². The predicted octanol–water partition coefficient (Wildman–Crippen LogP) is 1.43. The summed E-state index contributed by atoms with van der Waals surface area (Å²) < 4.78 is 0. The van der Waals surface area contributed by atoms with Gasteiger partial charge in [-0.1, -0.05) is 23.7 Å². The van der Waals surface area contributed by atoms with Gasteiger partial charge in [0.1, 0.15) is 0 Å². The first-order valence-electron chi connectivity index (χ1n) is 6.84. The number of hydrogen-bond acceptors (Lipinski definition) is 3. The van der Waals surface area contributed by atoms with E-state index in [0.29, 0.717) is 29.6 Å². The average molecular weight is 327 g/mol. The summed E-state index contributed by atoms with van der Waals surface area (Å²) in [4.78, 5) is 18.3. The minimum atomic E-state index is -0.191. The van der Waals surface area contributed by atoms with Crippen LogP contribution in [0.5, 0.6) is 0 Å². The number of guanidine groups is 1. The molecule has 0 spiro atoms. The van der Waals surface area contributed by atoms with Crippen molar-refractivity contribution in [1.82, 2.24) is 10.2 Å². The van der Waals surface area contributed by atoms with Crippen molar-refractivity contribution >= 4 is 35.2 Å². The second-order valence-electron chi connectivity index (χ2n) is 4.58. The molecule has 0 radical (unpaired) electrons. The maximum atomic E-state index is 11.9. The quantitative estimate of drug-likeness (QED) is 0.499. The van der Waals surface area contributed by atoms with Crippen molar-refractivity contribution in [2.24, 2.45) is 10.7 Å². The van der Waals surface area contributed by atoms with Crippen LogP contribution >= 0.6 is 23.4 Å². The maximum absolute atomic E-state index is 11.9. The van der Waals surface area contributed by atoms with Crippen LogP contribution in [-0.4, -0.2) is 54.5 Å². The molecule has 0 saturated carbocycles. The number of carbonyl (C=O) groups is 1.